The molecule has 0 saturated carbocycles. The minimum Gasteiger partial charge on any atom is -0.480 e. The average molecular weight is 530 g/mol. The quantitative estimate of drug-likeness (QED) is 0.524. The lowest BCUT2D eigenvalue weighted by Crippen LogP contribution is -2.71. The van der Waals surface area contributed by atoms with Crippen molar-refractivity contribution in [3.8, 4) is 0 Å². The summed E-state index contributed by atoms with van der Waals surface area (Å²) in [5.41, 5.74) is -0.0683. The summed E-state index contributed by atoms with van der Waals surface area (Å²) < 4.78 is 10.5. The molecule has 1 aromatic carbocycles. The maximum Gasteiger partial charge on any atom is 0.409 e. The Kier molecular flexibility index (Phi) is 9.63. The number of hydrogen-bond acceptors (Lipinski definition) is 6. The van der Waals surface area contributed by atoms with E-state index in [9.17, 15) is 14.4 Å². The SMILES string of the molecule is COC(=O)N1CCN(C(=O)Cc2ccc(Cl)c(Cl)c2)[C@](C)(CCN2CCCC2)[C@@H]1COCC(=O)O. The minimum atomic E-state index is -1.10. The molecule has 194 valence electrons. The van der Waals surface area contributed by atoms with Gasteiger partial charge in [0.25, 0.3) is 0 Å². The number of aliphatic carboxylic acids is 1. The van der Waals surface area contributed by atoms with Crippen molar-refractivity contribution >= 4 is 41.2 Å². The number of hydrogen-bond donors (Lipinski definition) is 1. The second kappa shape index (κ2) is 12.3. The lowest BCUT2D eigenvalue weighted by atomic mass is 9.83. The fourth-order valence-electron chi connectivity index (χ4n) is 5.02. The zero-order chi connectivity index (χ0) is 25.6. The van der Waals surface area contributed by atoms with Crippen LogP contribution in [0.2, 0.25) is 10.0 Å². The van der Waals surface area contributed by atoms with E-state index in [0.717, 1.165) is 38.0 Å². The molecule has 0 bridgehead atoms. The Morgan fingerprint density at radius 1 is 1.11 bits per heavy atom. The molecule has 2 amide bonds. The van der Waals surface area contributed by atoms with Gasteiger partial charge in [0.1, 0.15) is 6.61 Å². The largest absolute Gasteiger partial charge is 0.480 e. The highest BCUT2D eigenvalue weighted by molar-refractivity contribution is 6.42. The Morgan fingerprint density at radius 2 is 1.83 bits per heavy atom. The van der Waals surface area contributed by atoms with Gasteiger partial charge >= 0.3 is 12.1 Å². The number of ether oxygens (including phenoxy) is 2. The van der Waals surface area contributed by atoms with Crippen molar-refractivity contribution in [1.29, 1.82) is 0 Å². The molecule has 2 aliphatic heterocycles. The second-order valence-corrected chi connectivity index (χ2v) is 10.0. The molecular formula is C24H33Cl2N3O6. The highest BCUT2D eigenvalue weighted by Gasteiger charge is 2.50. The van der Waals surface area contributed by atoms with Crippen LogP contribution < -0.4 is 0 Å². The number of carbonyl (C=O) groups is 3. The molecule has 0 aromatic heterocycles. The van der Waals surface area contributed by atoms with Crippen LogP contribution in [0.5, 0.6) is 0 Å². The smallest absolute Gasteiger partial charge is 0.409 e. The van der Waals surface area contributed by atoms with Crippen LogP contribution in [0.4, 0.5) is 4.79 Å². The van der Waals surface area contributed by atoms with Gasteiger partial charge in [-0.1, -0.05) is 29.3 Å². The lowest BCUT2D eigenvalue weighted by Gasteiger charge is -2.54. The van der Waals surface area contributed by atoms with Gasteiger partial charge in [0.2, 0.25) is 5.91 Å². The number of carboxylic acids is 1. The van der Waals surface area contributed by atoms with E-state index >= 15 is 0 Å². The van der Waals surface area contributed by atoms with Gasteiger partial charge in [-0.05, 0) is 57.0 Å². The summed E-state index contributed by atoms with van der Waals surface area (Å²) >= 11 is 12.2. The third-order valence-corrected chi connectivity index (χ3v) is 7.70. The molecule has 3 rings (SSSR count). The number of amides is 2. The summed E-state index contributed by atoms with van der Waals surface area (Å²) in [6, 6.07) is 4.54. The molecule has 9 nitrogen and oxygen atoms in total. The van der Waals surface area contributed by atoms with Crippen molar-refractivity contribution in [2.75, 3.05) is 53.0 Å². The average Bonchev–Trinajstić information content (AvgIpc) is 3.34. The molecule has 2 saturated heterocycles. The normalized spacial score (nSPS) is 22.9. The van der Waals surface area contributed by atoms with Crippen molar-refractivity contribution in [1.82, 2.24) is 14.7 Å². The fourth-order valence-corrected chi connectivity index (χ4v) is 5.34. The second-order valence-electron chi connectivity index (χ2n) is 9.21. The van der Waals surface area contributed by atoms with Gasteiger partial charge < -0.3 is 24.4 Å². The van der Waals surface area contributed by atoms with Gasteiger partial charge in [-0.15, -0.1) is 0 Å². The molecule has 2 fully saturated rings. The Labute approximate surface area is 215 Å². The van der Waals surface area contributed by atoms with E-state index in [0.29, 0.717) is 23.0 Å². The Bertz CT molecular complexity index is 927. The van der Waals surface area contributed by atoms with E-state index in [1.807, 2.05) is 6.92 Å². The number of benzene rings is 1. The predicted molar refractivity (Wildman–Crippen MR) is 132 cm³/mol. The molecule has 2 aliphatic rings. The van der Waals surface area contributed by atoms with E-state index in [2.05, 4.69) is 4.90 Å². The summed E-state index contributed by atoms with van der Waals surface area (Å²) in [4.78, 5) is 43.0. The van der Waals surface area contributed by atoms with Gasteiger partial charge in [0, 0.05) is 19.6 Å². The molecule has 0 spiro atoms. The van der Waals surface area contributed by atoms with E-state index in [-0.39, 0.29) is 25.5 Å². The molecule has 2 heterocycles. The van der Waals surface area contributed by atoms with Gasteiger partial charge in [0.05, 0.1) is 41.8 Å². The Morgan fingerprint density at radius 3 is 2.46 bits per heavy atom. The Hall–Kier alpha value is -2.07. The number of carbonyl (C=O) groups excluding carboxylic acids is 2. The van der Waals surface area contributed by atoms with Crippen molar-refractivity contribution in [3.05, 3.63) is 33.8 Å². The van der Waals surface area contributed by atoms with Crippen LogP contribution in [0.1, 0.15) is 31.7 Å². The van der Waals surface area contributed by atoms with Crippen LogP contribution in [0.3, 0.4) is 0 Å². The van der Waals surface area contributed by atoms with Crippen molar-refractivity contribution in [3.63, 3.8) is 0 Å². The number of piperazine rings is 1. The van der Waals surface area contributed by atoms with E-state index in [1.165, 1.54) is 7.11 Å². The van der Waals surface area contributed by atoms with Gasteiger partial charge in [-0.3, -0.25) is 9.69 Å². The first-order valence-electron chi connectivity index (χ1n) is 11.8. The fraction of sp³-hybridized carbons (Fsp3) is 0.625. The van der Waals surface area contributed by atoms with Crippen LogP contribution >= 0.6 is 23.2 Å². The predicted octanol–water partition coefficient (Wildman–Crippen LogP) is 3.16. The summed E-state index contributed by atoms with van der Waals surface area (Å²) in [6.45, 7) is 4.72. The van der Waals surface area contributed by atoms with Crippen LogP contribution in [-0.2, 0) is 25.5 Å². The number of halogens is 2. The van der Waals surface area contributed by atoms with E-state index in [1.54, 1.807) is 28.0 Å². The maximum absolute atomic E-state index is 13.6. The molecule has 11 heteroatoms. The number of methoxy groups -OCH3 is 1. The van der Waals surface area contributed by atoms with Crippen LogP contribution in [-0.4, -0.2) is 102 Å². The molecule has 35 heavy (non-hydrogen) atoms. The minimum absolute atomic E-state index is 0.0333. The van der Waals surface area contributed by atoms with Crippen LogP contribution in [0.15, 0.2) is 18.2 Å². The summed E-state index contributed by atoms with van der Waals surface area (Å²) in [6.07, 6.45) is 2.45. The van der Waals surface area contributed by atoms with Gasteiger partial charge in [-0.25, -0.2) is 9.59 Å². The maximum atomic E-state index is 13.6. The topological polar surface area (TPSA) is 99.6 Å². The summed E-state index contributed by atoms with van der Waals surface area (Å²) in [5.74, 6) is -1.21. The number of likely N-dealkylation sites (tertiary alicyclic amines) is 1. The monoisotopic (exact) mass is 529 g/mol. The van der Waals surface area contributed by atoms with E-state index < -0.39 is 30.3 Å². The third kappa shape index (κ3) is 6.78. The zero-order valence-electron chi connectivity index (χ0n) is 20.2. The van der Waals surface area contributed by atoms with Crippen LogP contribution in [0, 0.1) is 0 Å². The molecule has 1 N–H and O–H groups in total. The van der Waals surface area contributed by atoms with Crippen molar-refractivity contribution in [2.45, 2.75) is 44.2 Å². The number of rotatable bonds is 9. The van der Waals surface area contributed by atoms with Gasteiger partial charge in [-0.2, -0.15) is 0 Å². The van der Waals surface area contributed by atoms with Crippen molar-refractivity contribution in [2.24, 2.45) is 0 Å². The molecule has 0 aliphatic carbocycles. The number of nitrogens with zero attached hydrogens (tertiary/aromatic N) is 3. The molecule has 1 aromatic rings. The van der Waals surface area contributed by atoms with Crippen molar-refractivity contribution < 1.29 is 29.0 Å². The Balaban J connectivity index is 1.89. The summed E-state index contributed by atoms with van der Waals surface area (Å²) in [5, 5.41) is 9.86. The zero-order valence-corrected chi connectivity index (χ0v) is 21.7. The molecule has 0 unspecified atom stereocenters. The molecular weight excluding hydrogens is 497 g/mol. The van der Waals surface area contributed by atoms with Crippen LogP contribution in [0.25, 0.3) is 0 Å². The first kappa shape index (κ1) is 27.5. The first-order valence-corrected chi connectivity index (χ1v) is 12.5. The number of carboxylic acid groups (broad SMARTS) is 1. The highest BCUT2D eigenvalue weighted by atomic mass is 35.5. The molecule has 2 atom stereocenters. The van der Waals surface area contributed by atoms with E-state index in [4.69, 9.17) is 37.8 Å². The standard InChI is InChI=1S/C24H33Cl2N3O6/c1-24(7-10-27-8-3-4-9-27)20(15-35-16-22(31)32)28(23(33)34-2)11-12-29(24)21(30)14-17-5-6-18(25)19(26)13-17/h5-6,13,20H,3-4,7-12,14-16H2,1-2H3,(H,31,32)/t20-,24+/m0/s1. The van der Waals surface area contributed by atoms with Gasteiger partial charge in [0.15, 0.2) is 0 Å². The lowest BCUT2D eigenvalue weighted by molar-refractivity contribution is -0.152. The highest BCUT2D eigenvalue weighted by Crippen LogP contribution is 2.34. The third-order valence-electron chi connectivity index (χ3n) is 6.96. The summed E-state index contributed by atoms with van der Waals surface area (Å²) in [7, 11) is 1.31. The first-order chi connectivity index (χ1) is 16.7. The molecule has 0 radical (unpaired) electrons.